The number of aliphatic hydroxyl groups excluding tert-OH is 1. The summed E-state index contributed by atoms with van der Waals surface area (Å²) in [6, 6.07) is 20.8. The van der Waals surface area contributed by atoms with Crippen LogP contribution in [-0.4, -0.2) is 59.7 Å². The lowest BCUT2D eigenvalue weighted by Crippen LogP contribution is -2.36. The Labute approximate surface area is 229 Å². The van der Waals surface area contributed by atoms with E-state index in [9.17, 15) is 23.1 Å². The number of alkyl halides is 3. The third kappa shape index (κ3) is 8.80. The van der Waals surface area contributed by atoms with Gasteiger partial charge in [-0.1, -0.05) is 42.5 Å². The minimum atomic E-state index is -5.08. The molecule has 0 spiro atoms. The number of aromatic carboxylic acids is 1. The summed E-state index contributed by atoms with van der Waals surface area (Å²) in [5.74, 6) is -2.80. The zero-order chi connectivity index (χ0) is 29.3. The van der Waals surface area contributed by atoms with Crippen LogP contribution in [0.25, 0.3) is 11.1 Å². The molecular formula is C29H30F3NO7. The summed E-state index contributed by atoms with van der Waals surface area (Å²) in [7, 11) is 1.66. The van der Waals surface area contributed by atoms with Crippen molar-refractivity contribution in [3.05, 3.63) is 89.0 Å². The summed E-state index contributed by atoms with van der Waals surface area (Å²) in [5, 5.41) is 30.0. The Morgan fingerprint density at radius 2 is 1.73 bits per heavy atom. The molecule has 4 rings (SSSR count). The maximum absolute atomic E-state index is 11.1. The van der Waals surface area contributed by atoms with Crippen LogP contribution in [0.5, 0.6) is 5.75 Å². The number of aliphatic hydroxyl groups is 1. The molecule has 0 saturated heterocycles. The molecule has 214 valence electrons. The van der Waals surface area contributed by atoms with Gasteiger partial charge in [0.2, 0.25) is 0 Å². The highest BCUT2D eigenvalue weighted by Gasteiger charge is 2.38. The van der Waals surface area contributed by atoms with Gasteiger partial charge in [0, 0.05) is 20.2 Å². The number of carboxylic acid groups (broad SMARTS) is 2. The molecule has 3 aromatic rings. The fourth-order valence-corrected chi connectivity index (χ4v) is 4.13. The van der Waals surface area contributed by atoms with E-state index in [-0.39, 0.29) is 11.7 Å². The van der Waals surface area contributed by atoms with Crippen LogP contribution >= 0.6 is 0 Å². The van der Waals surface area contributed by atoms with Crippen LogP contribution < -0.4 is 10.1 Å². The Hall–Kier alpha value is -3.93. The number of nitrogens with one attached hydrogen (secondary N) is 1. The number of aryl methyl sites for hydroxylation is 1. The molecule has 8 nitrogen and oxygen atoms in total. The summed E-state index contributed by atoms with van der Waals surface area (Å²) in [6.45, 7) is 1.64. The highest BCUT2D eigenvalue weighted by atomic mass is 19.4. The van der Waals surface area contributed by atoms with Crippen molar-refractivity contribution >= 4 is 11.9 Å². The van der Waals surface area contributed by atoms with Gasteiger partial charge in [0.1, 0.15) is 11.9 Å². The van der Waals surface area contributed by atoms with E-state index in [1.807, 2.05) is 48.5 Å². The van der Waals surface area contributed by atoms with Crippen molar-refractivity contribution in [3.63, 3.8) is 0 Å². The SMILES string of the molecule is COCc1cccc(C(O)CNC[C@H]2CCc3cc(-c4ccc(C(=O)O)cc4)ccc3O2)c1.O=C(O)C(F)(F)F. The maximum Gasteiger partial charge on any atom is 0.490 e. The summed E-state index contributed by atoms with van der Waals surface area (Å²) in [5.41, 5.74) is 5.37. The van der Waals surface area contributed by atoms with E-state index in [1.54, 1.807) is 19.2 Å². The van der Waals surface area contributed by atoms with Crippen LogP contribution in [0.4, 0.5) is 13.2 Å². The Kier molecular flexibility index (Phi) is 10.7. The molecule has 40 heavy (non-hydrogen) atoms. The summed E-state index contributed by atoms with van der Waals surface area (Å²) in [4.78, 5) is 19.9. The van der Waals surface area contributed by atoms with E-state index in [1.165, 1.54) is 0 Å². The van der Waals surface area contributed by atoms with Gasteiger partial charge in [-0.3, -0.25) is 0 Å². The topological polar surface area (TPSA) is 125 Å². The van der Waals surface area contributed by atoms with Crippen LogP contribution in [-0.2, 0) is 22.6 Å². The van der Waals surface area contributed by atoms with Gasteiger partial charge in [0.25, 0.3) is 0 Å². The molecule has 0 bridgehead atoms. The smallest absolute Gasteiger partial charge is 0.489 e. The van der Waals surface area contributed by atoms with E-state index in [2.05, 4.69) is 11.4 Å². The number of hydrogen-bond donors (Lipinski definition) is 4. The number of ether oxygens (including phenoxy) is 2. The van der Waals surface area contributed by atoms with Gasteiger partial charge in [-0.25, -0.2) is 9.59 Å². The molecule has 3 aromatic carbocycles. The Bertz CT molecular complexity index is 1300. The minimum Gasteiger partial charge on any atom is -0.489 e. The highest BCUT2D eigenvalue weighted by Crippen LogP contribution is 2.32. The molecule has 11 heteroatoms. The zero-order valence-corrected chi connectivity index (χ0v) is 21.6. The molecule has 1 heterocycles. The number of halogens is 3. The Morgan fingerprint density at radius 1 is 1.05 bits per heavy atom. The van der Waals surface area contributed by atoms with Crippen molar-refractivity contribution in [1.29, 1.82) is 0 Å². The van der Waals surface area contributed by atoms with Crippen LogP contribution in [0.1, 0.15) is 39.6 Å². The average Bonchev–Trinajstić information content (AvgIpc) is 2.93. The van der Waals surface area contributed by atoms with E-state index < -0.39 is 24.2 Å². The molecule has 1 aliphatic rings. The monoisotopic (exact) mass is 561 g/mol. The van der Waals surface area contributed by atoms with Gasteiger partial charge < -0.3 is 30.1 Å². The van der Waals surface area contributed by atoms with Crippen LogP contribution in [0.15, 0.2) is 66.7 Å². The van der Waals surface area contributed by atoms with Gasteiger partial charge in [0.05, 0.1) is 18.3 Å². The summed E-state index contributed by atoms with van der Waals surface area (Å²) in [6.07, 6.45) is -3.83. The second kappa shape index (κ2) is 13.9. The van der Waals surface area contributed by atoms with E-state index in [4.69, 9.17) is 24.5 Å². The molecule has 0 saturated carbocycles. The third-order valence-corrected chi connectivity index (χ3v) is 6.15. The molecule has 0 aromatic heterocycles. The molecule has 0 fully saturated rings. The van der Waals surface area contributed by atoms with Gasteiger partial charge >= 0.3 is 18.1 Å². The molecular weight excluding hydrogens is 531 g/mol. The fourth-order valence-electron chi connectivity index (χ4n) is 4.13. The van der Waals surface area contributed by atoms with E-state index in [0.717, 1.165) is 46.4 Å². The van der Waals surface area contributed by atoms with Gasteiger partial charge in [-0.05, 0) is 64.9 Å². The second-order valence-electron chi connectivity index (χ2n) is 9.14. The van der Waals surface area contributed by atoms with Crippen molar-refractivity contribution in [2.75, 3.05) is 20.2 Å². The number of rotatable bonds is 9. The lowest BCUT2D eigenvalue weighted by atomic mass is 9.96. The van der Waals surface area contributed by atoms with Gasteiger partial charge in [-0.15, -0.1) is 0 Å². The number of methoxy groups -OCH3 is 1. The lowest BCUT2D eigenvalue weighted by Gasteiger charge is -2.27. The average molecular weight is 562 g/mol. The first kappa shape index (κ1) is 30.6. The largest absolute Gasteiger partial charge is 0.490 e. The quantitative estimate of drug-likeness (QED) is 0.292. The van der Waals surface area contributed by atoms with Crippen molar-refractivity contribution in [1.82, 2.24) is 5.32 Å². The third-order valence-electron chi connectivity index (χ3n) is 6.15. The first-order chi connectivity index (χ1) is 19.0. The van der Waals surface area contributed by atoms with Gasteiger partial charge in [0.15, 0.2) is 0 Å². The maximum atomic E-state index is 11.1. The standard InChI is InChI=1S/C27H29NO5.C2HF3O2/c1-32-17-18-3-2-4-22(13-18)25(29)16-28-15-24-11-9-23-14-21(10-12-26(23)33-24)19-5-7-20(8-6-19)27(30)31;3-2(4,5)1(6)7/h2-8,10,12-14,24-25,28-29H,9,11,15-17H2,1H3,(H,30,31);(H,6,7)/t24-,25?;/m1./s1. The Balaban J connectivity index is 0.000000559. The highest BCUT2D eigenvalue weighted by molar-refractivity contribution is 5.88. The van der Waals surface area contributed by atoms with E-state index in [0.29, 0.717) is 19.7 Å². The molecule has 1 unspecified atom stereocenters. The minimum absolute atomic E-state index is 0.0465. The number of carboxylic acids is 2. The van der Waals surface area contributed by atoms with Crippen molar-refractivity contribution in [2.45, 2.75) is 37.8 Å². The first-order valence-electron chi connectivity index (χ1n) is 12.4. The Morgan fingerprint density at radius 3 is 2.35 bits per heavy atom. The van der Waals surface area contributed by atoms with Gasteiger partial charge in [-0.2, -0.15) is 13.2 Å². The lowest BCUT2D eigenvalue weighted by molar-refractivity contribution is -0.192. The molecule has 0 aliphatic carbocycles. The molecule has 0 amide bonds. The van der Waals surface area contributed by atoms with Crippen molar-refractivity contribution in [3.8, 4) is 16.9 Å². The van der Waals surface area contributed by atoms with Crippen molar-refractivity contribution in [2.24, 2.45) is 0 Å². The number of hydrogen-bond acceptors (Lipinski definition) is 6. The number of aliphatic carboxylic acids is 1. The zero-order valence-electron chi connectivity index (χ0n) is 21.6. The predicted octanol–water partition coefficient (Wildman–Crippen LogP) is 4.85. The molecule has 4 N–H and O–H groups in total. The predicted molar refractivity (Wildman–Crippen MR) is 140 cm³/mol. The van der Waals surface area contributed by atoms with Crippen LogP contribution in [0.2, 0.25) is 0 Å². The summed E-state index contributed by atoms with van der Waals surface area (Å²) >= 11 is 0. The normalized spacial score (nSPS) is 15.2. The number of benzene rings is 3. The van der Waals surface area contributed by atoms with Crippen LogP contribution in [0, 0.1) is 0 Å². The number of fused-ring (bicyclic) bond motifs is 1. The van der Waals surface area contributed by atoms with Crippen molar-refractivity contribution < 1.29 is 47.6 Å². The molecule has 0 radical (unpaired) electrons. The fraction of sp³-hybridized carbons (Fsp3) is 0.310. The molecule has 1 aliphatic heterocycles. The van der Waals surface area contributed by atoms with E-state index >= 15 is 0 Å². The molecule has 2 atom stereocenters. The van der Waals surface area contributed by atoms with Crippen LogP contribution in [0.3, 0.4) is 0 Å². The second-order valence-corrected chi connectivity index (χ2v) is 9.14. The summed E-state index contributed by atoms with van der Waals surface area (Å²) < 4.78 is 43.1. The number of carbonyl (C=O) groups is 2. The first-order valence-corrected chi connectivity index (χ1v) is 12.4.